The van der Waals surface area contributed by atoms with Crippen LogP contribution in [0.25, 0.3) is 10.9 Å². The topological polar surface area (TPSA) is 100 Å². The first-order chi connectivity index (χ1) is 16.3. The number of ether oxygens (including phenoxy) is 1. The smallest absolute Gasteiger partial charge is 0.337 e. The number of carbonyl (C=O) groups excluding carboxylic acids is 1. The van der Waals surface area contributed by atoms with Crippen LogP contribution in [0.4, 0.5) is 0 Å². The van der Waals surface area contributed by atoms with Crippen molar-refractivity contribution in [1.29, 1.82) is 0 Å². The van der Waals surface area contributed by atoms with E-state index < -0.39 is 5.97 Å². The van der Waals surface area contributed by atoms with Crippen molar-refractivity contribution in [2.75, 3.05) is 7.11 Å². The summed E-state index contributed by atoms with van der Waals surface area (Å²) < 4.78 is 11.9. The summed E-state index contributed by atoms with van der Waals surface area (Å²) in [5.41, 5.74) is 1.51. The normalized spacial score (nSPS) is 11.6. The first kappa shape index (κ1) is 23.7. The van der Waals surface area contributed by atoms with Gasteiger partial charge in [0, 0.05) is 12.0 Å². The fraction of sp³-hybridized carbons (Fsp3) is 0.320. The summed E-state index contributed by atoms with van der Waals surface area (Å²) in [4.78, 5) is 34.6. The average molecular weight is 479 g/mol. The minimum absolute atomic E-state index is 0.166. The molecule has 9 heteroatoms. The number of nitrogens with zero attached hydrogens (tertiary/aromatic N) is 4. The highest BCUT2D eigenvalue weighted by Crippen LogP contribution is 2.25. The molecular weight excluding hydrogens is 452 g/mol. The fourth-order valence-electron chi connectivity index (χ4n) is 3.38. The molecule has 0 unspecified atom stereocenters. The molecule has 34 heavy (non-hydrogen) atoms. The van der Waals surface area contributed by atoms with E-state index in [0.29, 0.717) is 52.1 Å². The Bertz CT molecular complexity index is 1370. The Morgan fingerprint density at radius 1 is 1.12 bits per heavy atom. The van der Waals surface area contributed by atoms with Crippen LogP contribution >= 0.6 is 11.8 Å². The van der Waals surface area contributed by atoms with E-state index in [9.17, 15) is 9.59 Å². The molecule has 0 fully saturated rings. The maximum absolute atomic E-state index is 13.4. The molecule has 0 N–H and O–H groups in total. The van der Waals surface area contributed by atoms with Gasteiger partial charge in [-0.2, -0.15) is 4.98 Å². The molecule has 0 radical (unpaired) electrons. The predicted molar refractivity (Wildman–Crippen MR) is 130 cm³/mol. The van der Waals surface area contributed by atoms with Gasteiger partial charge in [-0.3, -0.25) is 9.36 Å². The molecule has 0 bridgehead atoms. The quantitative estimate of drug-likeness (QED) is 0.219. The van der Waals surface area contributed by atoms with E-state index in [0.717, 1.165) is 5.56 Å². The Morgan fingerprint density at radius 3 is 2.56 bits per heavy atom. The lowest BCUT2D eigenvalue weighted by atomic mass is 9.96. The van der Waals surface area contributed by atoms with Crippen molar-refractivity contribution in [3.05, 3.63) is 81.7 Å². The van der Waals surface area contributed by atoms with E-state index in [4.69, 9.17) is 14.2 Å². The van der Waals surface area contributed by atoms with Gasteiger partial charge in [-0.1, -0.05) is 68.0 Å². The number of benzene rings is 2. The molecule has 4 aromatic rings. The number of fused-ring (bicyclic) bond motifs is 1. The molecule has 2 aromatic carbocycles. The standard InChI is InChI=1S/C25H26N4O4S/c1-25(2,3)23-27-20(33-28-23)15-34-24-26-19-14-17(22(31)32-4)10-11-18(19)21(30)29(24)13-12-16-8-6-5-7-9-16/h5-11,14H,12-13,15H2,1-4H3. The van der Waals surface area contributed by atoms with Gasteiger partial charge >= 0.3 is 5.97 Å². The molecule has 176 valence electrons. The third-order valence-corrected chi connectivity index (χ3v) is 6.23. The molecule has 4 rings (SSSR count). The molecule has 0 saturated heterocycles. The molecule has 0 aliphatic carbocycles. The second-order valence-electron chi connectivity index (χ2n) is 8.86. The van der Waals surface area contributed by atoms with E-state index in [2.05, 4.69) is 10.1 Å². The lowest BCUT2D eigenvalue weighted by Gasteiger charge is -2.13. The average Bonchev–Trinajstić information content (AvgIpc) is 3.32. The van der Waals surface area contributed by atoms with E-state index in [1.54, 1.807) is 22.8 Å². The molecule has 0 aliphatic heterocycles. The minimum atomic E-state index is -0.480. The van der Waals surface area contributed by atoms with E-state index >= 15 is 0 Å². The lowest BCUT2D eigenvalue weighted by molar-refractivity contribution is 0.0601. The van der Waals surface area contributed by atoms with Gasteiger partial charge in [-0.25, -0.2) is 9.78 Å². The highest BCUT2D eigenvalue weighted by Gasteiger charge is 2.21. The Hall–Kier alpha value is -3.46. The maximum Gasteiger partial charge on any atom is 0.337 e. The lowest BCUT2D eigenvalue weighted by Crippen LogP contribution is -2.24. The first-order valence-corrected chi connectivity index (χ1v) is 11.9. The number of carbonyl (C=O) groups is 1. The molecule has 0 spiro atoms. The van der Waals surface area contributed by atoms with E-state index in [-0.39, 0.29) is 11.0 Å². The zero-order valence-electron chi connectivity index (χ0n) is 19.6. The van der Waals surface area contributed by atoms with Crippen molar-refractivity contribution in [3.8, 4) is 0 Å². The zero-order chi connectivity index (χ0) is 24.3. The van der Waals surface area contributed by atoms with Gasteiger partial charge in [-0.05, 0) is 30.2 Å². The number of aromatic nitrogens is 4. The minimum Gasteiger partial charge on any atom is -0.465 e. The van der Waals surface area contributed by atoms with Crippen molar-refractivity contribution in [1.82, 2.24) is 19.7 Å². The second kappa shape index (κ2) is 9.80. The Balaban J connectivity index is 1.70. The molecule has 0 aliphatic rings. The highest BCUT2D eigenvalue weighted by atomic mass is 32.2. The van der Waals surface area contributed by atoms with Gasteiger partial charge in [-0.15, -0.1) is 0 Å². The van der Waals surface area contributed by atoms with Crippen LogP contribution in [-0.2, 0) is 28.9 Å². The van der Waals surface area contributed by atoms with Crippen molar-refractivity contribution in [2.24, 2.45) is 0 Å². The van der Waals surface area contributed by atoms with Gasteiger partial charge in [0.1, 0.15) is 0 Å². The SMILES string of the molecule is COC(=O)c1ccc2c(=O)n(CCc3ccccc3)c(SCc3nc(C(C)(C)C)no3)nc2c1. The molecule has 0 saturated carbocycles. The second-order valence-corrected chi connectivity index (χ2v) is 9.80. The number of rotatable bonds is 7. The van der Waals surface area contributed by atoms with Crippen LogP contribution in [0.2, 0.25) is 0 Å². The number of hydrogen-bond acceptors (Lipinski definition) is 8. The summed E-state index contributed by atoms with van der Waals surface area (Å²) in [5, 5.41) is 5.03. The largest absolute Gasteiger partial charge is 0.465 e. The van der Waals surface area contributed by atoms with Crippen LogP contribution in [-0.4, -0.2) is 32.8 Å². The summed E-state index contributed by atoms with van der Waals surface area (Å²) in [6.07, 6.45) is 0.677. The van der Waals surface area contributed by atoms with Crippen molar-refractivity contribution < 1.29 is 14.1 Å². The summed E-state index contributed by atoms with van der Waals surface area (Å²) in [6, 6.07) is 14.8. The summed E-state index contributed by atoms with van der Waals surface area (Å²) in [7, 11) is 1.32. The first-order valence-electron chi connectivity index (χ1n) is 10.9. The van der Waals surface area contributed by atoms with Gasteiger partial charge in [0.25, 0.3) is 5.56 Å². The fourth-order valence-corrected chi connectivity index (χ4v) is 4.25. The summed E-state index contributed by atoms with van der Waals surface area (Å²) >= 11 is 1.35. The number of hydrogen-bond donors (Lipinski definition) is 0. The van der Waals surface area contributed by atoms with Crippen molar-refractivity contribution in [3.63, 3.8) is 0 Å². The molecular formula is C25H26N4O4S. The molecule has 0 atom stereocenters. The van der Waals surface area contributed by atoms with Crippen LogP contribution in [0, 0.1) is 0 Å². The summed E-state index contributed by atoms with van der Waals surface area (Å²) in [6.45, 7) is 6.50. The monoisotopic (exact) mass is 478 g/mol. The molecule has 2 aromatic heterocycles. The number of thioether (sulfide) groups is 1. The molecule has 2 heterocycles. The number of esters is 1. The Labute approximate surface area is 201 Å². The van der Waals surface area contributed by atoms with Gasteiger partial charge in [0.2, 0.25) is 5.89 Å². The highest BCUT2D eigenvalue weighted by molar-refractivity contribution is 7.98. The maximum atomic E-state index is 13.4. The van der Waals surface area contributed by atoms with Crippen LogP contribution < -0.4 is 5.56 Å². The van der Waals surface area contributed by atoms with Crippen LogP contribution in [0.3, 0.4) is 0 Å². The summed E-state index contributed by atoms with van der Waals surface area (Å²) in [5.74, 6) is 0.968. The van der Waals surface area contributed by atoms with Crippen molar-refractivity contribution in [2.45, 2.75) is 50.1 Å². The molecule has 0 amide bonds. The van der Waals surface area contributed by atoms with Crippen LogP contribution in [0.15, 0.2) is 63.0 Å². The van der Waals surface area contributed by atoms with E-state index in [1.807, 2.05) is 51.1 Å². The number of methoxy groups -OCH3 is 1. The van der Waals surface area contributed by atoms with Gasteiger partial charge in [0.05, 0.1) is 29.3 Å². The predicted octanol–water partition coefficient (Wildman–Crippen LogP) is 4.40. The van der Waals surface area contributed by atoms with E-state index in [1.165, 1.54) is 18.9 Å². The third kappa shape index (κ3) is 5.20. The van der Waals surface area contributed by atoms with Crippen molar-refractivity contribution >= 4 is 28.6 Å². The van der Waals surface area contributed by atoms with Crippen LogP contribution in [0.1, 0.15) is 48.4 Å². The number of aryl methyl sites for hydroxylation is 1. The van der Waals surface area contributed by atoms with Gasteiger partial charge < -0.3 is 9.26 Å². The zero-order valence-corrected chi connectivity index (χ0v) is 20.4. The Morgan fingerprint density at radius 2 is 1.88 bits per heavy atom. The Kier molecular flexibility index (Phi) is 6.83. The van der Waals surface area contributed by atoms with Gasteiger partial charge in [0.15, 0.2) is 11.0 Å². The van der Waals surface area contributed by atoms with Crippen LogP contribution in [0.5, 0.6) is 0 Å². The molecule has 8 nitrogen and oxygen atoms in total. The third-order valence-electron chi connectivity index (χ3n) is 5.27.